The molecule has 0 aromatic carbocycles. The molecule has 0 aromatic rings. The van der Waals surface area contributed by atoms with Gasteiger partial charge in [0.2, 0.25) is 0 Å². The summed E-state index contributed by atoms with van der Waals surface area (Å²) in [5.74, 6) is 1.79. The highest BCUT2D eigenvalue weighted by molar-refractivity contribution is 5.76. The molecule has 0 aromatic heterocycles. The Labute approximate surface area is 201 Å². The molecule has 3 heteroatoms. The van der Waals surface area contributed by atoms with Crippen LogP contribution in [0.2, 0.25) is 0 Å². The van der Waals surface area contributed by atoms with Gasteiger partial charge in [0.1, 0.15) is 0 Å². The summed E-state index contributed by atoms with van der Waals surface area (Å²) < 4.78 is 0. The molecular weight excluding hydrogens is 408 g/mol. The normalized spacial score (nSPS) is 55.0. The van der Waals surface area contributed by atoms with Crippen molar-refractivity contribution in [3.05, 3.63) is 12.2 Å². The van der Waals surface area contributed by atoms with Gasteiger partial charge >= 0.3 is 5.97 Å². The number of aliphatic hydroxyl groups excluding tert-OH is 1. The molecule has 186 valence electrons. The van der Waals surface area contributed by atoms with Crippen molar-refractivity contribution in [1.29, 1.82) is 0 Å². The highest BCUT2D eigenvalue weighted by atomic mass is 16.4. The largest absolute Gasteiger partial charge is 0.481 e. The van der Waals surface area contributed by atoms with E-state index in [4.69, 9.17) is 0 Å². The van der Waals surface area contributed by atoms with Crippen molar-refractivity contribution < 1.29 is 15.0 Å². The van der Waals surface area contributed by atoms with Crippen molar-refractivity contribution in [3.63, 3.8) is 0 Å². The molecule has 5 rings (SSSR count). The fourth-order valence-electron chi connectivity index (χ4n) is 11.5. The first-order chi connectivity index (χ1) is 15.3. The molecule has 0 unspecified atom stereocenters. The molecule has 5 fully saturated rings. The minimum atomic E-state index is -0.538. The number of hydrogen-bond acceptors (Lipinski definition) is 2. The van der Waals surface area contributed by atoms with E-state index in [1.807, 2.05) is 0 Å². The van der Waals surface area contributed by atoms with Crippen LogP contribution in [-0.2, 0) is 4.79 Å². The number of hydrogen-bond donors (Lipinski definition) is 2. The van der Waals surface area contributed by atoms with Gasteiger partial charge in [-0.3, -0.25) is 4.79 Å². The van der Waals surface area contributed by atoms with Crippen molar-refractivity contribution in [2.75, 3.05) is 0 Å². The lowest BCUT2D eigenvalue weighted by molar-refractivity contribution is -0.248. The molecule has 5 saturated carbocycles. The predicted octanol–water partition coefficient (Wildman–Crippen LogP) is 7.09. The van der Waals surface area contributed by atoms with Crippen LogP contribution in [-0.4, -0.2) is 22.3 Å². The monoisotopic (exact) mass is 456 g/mol. The lowest BCUT2D eigenvalue weighted by atomic mass is 9.32. The van der Waals surface area contributed by atoms with E-state index in [-0.39, 0.29) is 33.7 Å². The summed E-state index contributed by atoms with van der Waals surface area (Å²) in [6.45, 7) is 18.8. The Balaban J connectivity index is 1.57. The third kappa shape index (κ3) is 2.75. The van der Waals surface area contributed by atoms with E-state index in [1.165, 1.54) is 31.3 Å². The molecule has 10 atom stereocenters. The van der Waals surface area contributed by atoms with E-state index in [2.05, 4.69) is 48.1 Å². The SMILES string of the molecule is C=C(C)[C@@H]1CC[C@]2(C(=O)O)CC[C@]3(C)[C@H](CC[C@H]4[C@@]5(C)CC[C@H](O)C(C)(C)[C@@H]5CC[C@]43C)[C@H]12. The molecule has 0 saturated heterocycles. The zero-order valence-electron chi connectivity index (χ0n) is 22.0. The van der Waals surface area contributed by atoms with Gasteiger partial charge in [-0.15, -0.1) is 0 Å². The van der Waals surface area contributed by atoms with Gasteiger partial charge in [-0.1, -0.05) is 46.8 Å². The van der Waals surface area contributed by atoms with E-state index in [0.717, 1.165) is 38.5 Å². The van der Waals surface area contributed by atoms with E-state index in [0.29, 0.717) is 23.7 Å². The van der Waals surface area contributed by atoms with Crippen LogP contribution in [0.5, 0.6) is 0 Å². The average molecular weight is 457 g/mol. The molecule has 0 bridgehead atoms. The van der Waals surface area contributed by atoms with Crippen LogP contribution in [0, 0.1) is 56.7 Å². The standard InChI is InChI=1S/C30H48O3/c1-18(2)19-10-15-30(25(32)33)17-16-28(6)20(24(19)30)8-9-22-27(5)13-12-23(31)26(3,4)21(27)11-14-29(22,28)7/h19-24,31H,1,8-17H2,2-7H3,(H,32,33)/t19-,20+,21-,22-,23-,24-,27-,28+,29+,30-/m0/s1. The quantitative estimate of drug-likeness (QED) is 0.436. The minimum Gasteiger partial charge on any atom is -0.481 e. The first kappa shape index (κ1) is 23.9. The lowest BCUT2D eigenvalue weighted by Gasteiger charge is -2.72. The molecular formula is C30H48O3. The number of carbonyl (C=O) groups is 1. The maximum absolute atomic E-state index is 12.8. The van der Waals surface area contributed by atoms with Gasteiger partial charge in [-0.25, -0.2) is 0 Å². The zero-order valence-corrected chi connectivity index (χ0v) is 22.0. The van der Waals surface area contributed by atoms with Crippen LogP contribution >= 0.6 is 0 Å². The first-order valence-electron chi connectivity index (χ1n) is 13.8. The van der Waals surface area contributed by atoms with Crippen LogP contribution in [0.4, 0.5) is 0 Å². The Bertz CT molecular complexity index is 861. The number of fused-ring (bicyclic) bond motifs is 7. The third-order valence-corrected chi connectivity index (χ3v) is 13.5. The highest BCUT2D eigenvalue weighted by Crippen LogP contribution is 2.77. The Kier molecular flexibility index (Phi) is 5.15. The summed E-state index contributed by atoms with van der Waals surface area (Å²) in [6, 6.07) is 0. The molecule has 0 radical (unpaired) electrons. The molecule has 3 nitrogen and oxygen atoms in total. The molecule has 0 heterocycles. The van der Waals surface area contributed by atoms with Gasteiger partial charge in [0.05, 0.1) is 11.5 Å². The second-order valence-corrected chi connectivity index (χ2v) is 14.5. The van der Waals surface area contributed by atoms with Crippen LogP contribution < -0.4 is 0 Å². The van der Waals surface area contributed by atoms with Crippen molar-refractivity contribution in [2.45, 2.75) is 112 Å². The number of aliphatic hydroxyl groups is 1. The van der Waals surface area contributed by atoms with Gasteiger partial charge in [0.25, 0.3) is 0 Å². The topological polar surface area (TPSA) is 57.5 Å². The number of rotatable bonds is 2. The molecule has 5 aliphatic carbocycles. The van der Waals surface area contributed by atoms with E-state index in [9.17, 15) is 15.0 Å². The summed E-state index contributed by atoms with van der Waals surface area (Å²) in [6.07, 6.45) is 10.5. The number of aliphatic carboxylic acids is 1. The number of allylic oxidation sites excluding steroid dienone is 1. The summed E-state index contributed by atoms with van der Waals surface area (Å²) in [4.78, 5) is 12.8. The Morgan fingerprint density at radius 3 is 2.15 bits per heavy atom. The van der Waals surface area contributed by atoms with Gasteiger partial charge in [0, 0.05) is 0 Å². The first-order valence-corrected chi connectivity index (χ1v) is 13.8. The second-order valence-electron chi connectivity index (χ2n) is 14.5. The van der Waals surface area contributed by atoms with Crippen molar-refractivity contribution in [3.8, 4) is 0 Å². The maximum atomic E-state index is 12.8. The average Bonchev–Trinajstić information content (AvgIpc) is 3.13. The van der Waals surface area contributed by atoms with Crippen LogP contribution in [0.15, 0.2) is 12.2 Å². The smallest absolute Gasteiger partial charge is 0.309 e. The van der Waals surface area contributed by atoms with Crippen LogP contribution in [0.1, 0.15) is 106 Å². The van der Waals surface area contributed by atoms with E-state index >= 15 is 0 Å². The summed E-state index contributed by atoms with van der Waals surface area (Å²) >= 11 is 0. The van der Waals surface area contributed by atoms with E-state index in [1.54, 1.807) is 0 Å². The van der Waals surface area contributed by atoms with Crippen molar-refractivity contribution >= 4 is 5.97 Å². The molecule has 5 aliphatic rings. The van der Waals surface area contributed by atoms with Crippen molar-refractivity contribution in [2.24, 2.45) is 56.7 Å². The molecule has 0 amide bonds. The Morgan fingerprint density at radius 2 is 1.52 bits per heavy atom. The van der Waals surface area contributed by atoms with Crippen molar-refractivity contribution in [1.82, 2.24) is 0 Å². The fourth-order valence-corrected chi connectivity index (χ4v) is 11.5. The third-order valence-electron chi connectivity index (χ3n) is 13.5. The summed E-state index contributed by atoms with van der Waals surface area (Å²) in [5.41, 5.74) is 1.35. The summed E-state index contributed by atoms with van der Waals surface area (Å²) in [5, 5.41) is 21.4. The molecule has 2 N–H and O–H groups in total. The zero-order chi connectivity index (χ0) is 24.2. The number of carboxylic acid groups (broad SMARTS) is 1. The Morgan fingerprint density at radius 1 is 0.818 bits per heavy atom. The van der Waals surface area contributed by atoms with Gasteiger partial charge in [-0.2, -0.15) is 0 Å². The highest BCUT2D eigenvalue weighted by Gasteiger charge is 2.71. The molecule has 0 aliphatic heterocycles. The van der Waals surface area contributed by atoms with Crippen LogP contribution in [0.3, 0.4) is 0 Å². The fraction of sp³-hybridized carbons (Fsp3) is 0.900. The summed E-state index contributed by atoms with van der Waals surface area (Å²) in [7, 11) is 0. The Hall–Kier alpha value is -0.830. The van der Waals surface area contributed by atoms with Crippen LogP contribution in [0.25, 0.3) is 0 Å². The van der Waals surface area contributed by atoms with E-state index < -0.39 is 11.4 Å². The molecule has 33 heavy (non-hydrogen) atoms. The lowest BCUT2D eigenvalue weighted by Crippen LogP contribution is -2.67. The maximum Gasteiger partial charge on any atom is 0.309 e. The van der Waals surface area contributed by atoms with Gasteiger partial charge < -0.3 is 10.2 Å². The predicted molar refractivity (Wildman–Crippen MR) is 133 cm³/mol. The van der Waals surface area contributed by atoms with Gasteiger partial charge in [-0.05, 0) is 122 Å². The van der Waals surface area contributed by atoms with Gasteiger partial charge in [0.15, 0.2) is 0 Å². The molecule has 0 spiro atoms. The number of carboxylic acids is 1. The minimum absolute atomic E-state index is 0.0202. The second kappa shape index (κ2) is 7.11.